The largest absolute Gasteiger partial charge is 0.479 e. The van der Waals surface area contributed by atoms with E-state index >= 15 is 0 Å². The summed E-state index contributed by atoms with van der Waals surface area (Å²) in [6.45, 7) is 1.93. The molecule has 0 aliphatic carbocycles. The van der Waals surface area contributed by atoms with E-state index in [4.69, 9.17) is 9.84 Å². The van der Waals surface area contributed by atoms with Gasteiger partial charge in [-0.3, -0.25) is 9.59 Å². The first kappa shape index (κ1) is 15.7. The lowest BCUT2D eigenvalue weighted by Crippen LogP contribution is -2.33. The number of carbonyl (C=O) groups excluding carboxylic acids is 2. The van der Waals surface area contributed by atoms with Gasteiger partial charge in [0.05, 0.1) is 13.0 Å². The van der Waals surface area contributed by atoms with Crippen LogP contribution in [0, 0.1) is 0 Å². The first-order valence-corrected chi connectivity index (χ1v) is 6.27. The number of esters is 1. The number of nitrogens with one attached hydrogen (secondary N) is 1. The molecule has 0 saturated carbocycles. The Morgan fingerprint density at radius 1 is 1.20 bits per heavy atom. The Labute approximate surface area is 116 Å². The van der Waals surface area contributed by atoms with Crippen LogP contribution in [-0.2, 0) is 19.1 Å². The molecule has 0 spiro atoms. The molecule has 1 atom stereocenters. The first-order chi connectivity index (χ1) is 9.54. The summed E-state index contributed by atoms with van der Waals surface area (Å²) in [6.07, 6.45) is -0.170. The molecule has 6 heteroatoms. The lowest BCUT2D eigenvalue weighted by atomic mass is 10.1. The van der Waals surface area contributed by atoms with Gasteiger partial charge < -0.3 is 15.2 Å². The third-order valence-corrected chi connectivity index (χ3v) is 2.55. The van der Waals surface area contributed by atoms with E-state index in [1.54, 1.807) is 37.3 Å². The molecular formula is C14H17NO5. The number of hydrogen-bond donors (Lipinski definition) is 2. The predicted molar refractivity (Wildman–Crippen MR) is 70.8 cm³/mol. The summed E-state index contributed by atoms with van der Waals surface area (Å²) < 4.78 is 4.69. The number of benzene rings is 1. The number of hydrogen-bond acceptors (Lipinski definition) is 4. The molecule has 0 unspecified atom stereocenters. The summed E-state index contributed by atoms with van der Waals surface area (Å²) in [4.78, 5) is 33.9. The standard InChI is InChI=1S/C14H17NO5/c1-2-20-12(17)9-8-11(16)15-13(14(18)19)10-6-4-3-5-7-10/h3-7,13H,2,8-9H2,1H3,(H,15,16)(H,18,19)/t13-/m0/s1. The lowest BCUT2D eigenvalue weighted by Gasteiger charge is -2.14. The van der Waals surface area contributed by atoms with Gasteiger partial charge in [-0.25, -0.2) is 4.79 Å². The molecule has 0 aromatic heterocycles. The molecule has 1 rings (SSSR count). The van der Waals surface area contributed by atoms with Crippen LogP contribution < -0.4 is 5.32 Å². The van der Waals surface area contributed by atoms with Crippen LogP contribution in [0.5, 0.6) is 0 Å². The van der Waals surface area contributed by atoms with E-state index in [1.807, 2.05) is 0 Å². The van der Waals surface area contributed by atoms with E-state index in [9.17, 15) is 14.4 Å². The van der Waals surface area contributed by atoms with Crippen LogP contribution in [0.4, 0.5) is 0 Å². The highest BCUT2D eigenvalue weighted by Gasteiger charge is 2.21. The van der Waals surface area contributed by atoms with Crippen molar-refractivity contribution in [3.63, 3.8) is 0 Å². The number of rotatable bonds is 7. The molecule has 0 fully saturated rings. The Bertz CT molecular complexity index is 472. The van der Waals surface area contributed by atoms with E-state index in [2.05, 4.69) is 5.32 Å². The fourth-order valence-corrected chi connectivity index (χ4v) is 1.62. The minimum atomic E-state index is -1.15. The first-order valence-electron chi connectivity index (χ1n) is 6.27. The molecule has 0 radical (unpaired) electrons. The fraction of sp³-hybridized carbons (Fsp3) is 0.357. The van der Waals surface area contributed by atoms with Crippen molar-refractivity contribution in [2.45, 2.75) is 25.8 Å². The summed E-state index contributed by atoms with van der Waals surface area (Å²) in [5.74, 6) is -2.13. The quantitative estimate of drug-likeness (QED) is 0.733. The van der Waals surface area contributed by atoms with E-state index < -0.39 is 23.9 Å². The van der Waals surface area contributed by atoms with Crippen molar-refractivity contribution in [2.75, 3.05) is 6.61 Å². The van der Waals surface area contributed by atoms with Gasteiger partial charge in [0.25, 0.3) is 0 Å². The van der Waals surface area contributed by atoms with Gasteiger partial charge in [-0.05, 0) is 12.5 Å². The number of amides is 1. The molecule has 0 bridgehead atoms. The zero-order valence-corrected chi connectivity index (χ0v) is 11.2. The second kappa shape index (κ2) is 7.93. The fourth-order valence-electron chi connectivity index (χ4n) is 1.62. The summed E-state index contributed by atoms with van der Waals surface area (Å²) in [7, 11) is 0. The maximum Gasteiger partial charge on any atom is 0.330 e. The third kappa shape index (κ3) is 5.09. The molecule has 0 saturated heterocycles. The van der Waals surface area contributed by atoms with Crippen LogP contribution in [-0.4, -0.2) is 29.6 Å². The molecule has 20 heavy (non-hydrogen) atoms. The van der Waals surface area contributed by atoms with Gasteiger partial charge in [0.15, 0.2) is 6.04 Å². The summed E-state index contributed by atoms with van der Waals surface area (Å²) in [5.41, 5.74) is 0.476. The minimum absolute atomic E-state index is 0.0686. The van der Waals surface area contributed by atoms with Gasteiger partial charge >= 0.3 is 11.9 Å². The number of ether oxygens (including phenoxy) is 1. The highest BCUT2D eigenvalue weighted by Crippen LogP contribution is 2.13. The van der Waals surface area contributed by atoms with E-state index in [1.165, 1.54) is 0 Å². The smallest absolute Gasteiger partial charge is 0.330 e. The second-order valence-corrected chi connectivity index (χ2v) is 4.05. The average Bonchev–Trinajstić information content (AvgIpc) is 2.43. The minimum Gasteiger partial charge on any atom is -0.479 e. The molecule has 1 aromatic rings. The molecular weight excluding hydrogens is 262 g/mol. The normalized spacial score (nSPS) is 11.4. The number of carbonyl (C=O) groups is 3. The Morgan fingerprint density at radius 2 is 1.85 bits per heavy atom. The number of aliphatic carboxylic acids is 1. The zero-order chi connectivity index (χ0) is 15.0. The van der Waals surface area contributed by atoms with Crippen molar-refractivity contribution >= 4 is 17.8 Å². The molecule has 0 aliphatic rings. The van der Waals surface area contributed by atoms with E-state index in [-0.39, 0.29) is 19.4 Å². The molecule has 108 valence electrons. The monoisotopic (exact) mass is 279 g/mol. The SMILES string of the molecule is CCOC(=O)CCC(=O)N[C@H](C(=O)O)c1ccccc1. The Kier molecular flexibility index (Phi) is 6.22. The van der Waals surface area contributed by atoms with Gasteiger partial charge in [0.2, 0.25) is 5.91 Å². The predicted octanol–water partition coefficient (Wildman–Crippen LogP) is 1.27. The van der Waals surface area contributed by atoms with Crippen LogP contribution in [0.25, 0.3) is 0 Å². The number of carboxylic acids is 1. The average molecular weight is 279 g/mol. The van der Waals surface area contributed by atoms with Crippen molar-refractivity contribution in [1.82, 2.24) is 5.32 Å². The summed E-state index contributed by atoms with van der Waals surface area (Å²) in [6, 6.07) is 7.25. The molecule has 0 heterocycles. The van der Waals surface area contributed by atoms with Crippen molar-refractivity contribution < 1.29 is 24.2 Å². The van der Waals surface area contributed by atoms with Gasteiger partial charge in [-0.1, -0.05) is 30.3 Å². The topological polar surface area (TPSA) is 92.7 Å². The van der Waals surface area contributed by atoms with Gasteiger partial charge in [-0.15, -0.1) is 0 Å². The highest BCUT2D eigenvalue weighted by atomic mass is 16.5. The summed E-state index contributed by atoms with van der Waals surface area (Å²) >= 11 is 0. The van der Waals surface area contributed by atoms with Crippen molar-refractivity contribution in [2.24, 2.45) is 0 Å². The number of carboxylic acid groups (broad SMARTS) is 1. The summed E-state index contributed by atoms with van der Waals surface area (Å²) in [5, 5.41) is 11.5. The Hall–Kier alpha value is -2.37. The Morgan fingerprint density at radius 3 is 2.40 bits per heavy atom. The maximum absolute atomic E-state index is 11.7. The van der Waals surface area contributed by atoms with E-state index in [0.29, 0.717) is 5.56 Å². The van der Waals surface area contributed by atoms with Gasteiger partial charge in [0.1, 0.15) is 0 Å². The zero-order valence-electron chi connectivity index (χ0n) is 11.2. The molecule has 0 aliphatic heterocycles. The maximum atomic E-state index is 11.7. The van der Waals surface area contributed by atoms with Gasteiger partial charge in [0, 0.05) is 6.42 Å². The van der Waals surface area contributed by atoms with Crippen LogP contribution >= 0.6 is 0 Å². The molecule has 1 aromatic carbocycles. The third-order valence-electron chi connectivity index (χ3n) is 2.55. The lowest BCUT2D eigenvalue weighted by molar-refractivity contribution is -0.145. The van der Waals surface area contributed by atoms with Gasteiger partial charge in [-0.2, -0.15) is 0 Å². The van der Waals surface area contributed by atoms with Crippen LogP contribution in [0.2, 0.25) is 0 Å². The van der Waals surface area contributed by atoms with Crippen LogP contribution in [0.3, 0.4) is 0 Å². The molecule has 6 nitrogen and oxygen atoms in total. The van der Waals surface area contributed by atoms with Crippen LogP contribution in [0.15, 0.2) is 30.3 Å². The van der Waals surface area contributed by atoms with E-state index in [0.717, 1.165) is 0 Å². The second-order valence-electron chi connectivity index (χ2n) is 4.05. The van der Waals surface area contributed by atoms with Crippen molar-refractivity contribution in [3.8, 4) is 0 Å². The van der Waals surface area contributed by atoms with Crippen molar-refractivity contribution in [1.29, 1.82) is 0 Å². The molecule has 1 amide bonds. The highest BCUT2D eigenvalue weighted by molar-refractivity contribution is 5.86. The van der Waals surface area contributed by atoms with Crippen LogP contribution in [0.1, 0.15) is 31.4 Å². The Balaban J connectivity index is 2.57. The molecule has 2 N–H and O–H groups in total. The van der Waals surface area contributed by atoms with Crippen molar-refractivity contribution in [3.05, 3.63) is 35.9 Å².